The van der Waals surface area contributed by atoms with Gasteiger partial charge in [0.25, 0.3) is 0 Å². The summed E-state index contributed by atoms with van der Waals surface area (Å²) in [5, 5.41) is 12.4. The molecule has 0 atom stereocenters. The standard InChI is InChI=1S/C17H14N4O2/c22-17(23)14-11-20-15(13-6-8-18-9-7-13)21-16(14)19-10-12-4-2-1-3-5-12/h1-9,11H,10H2,(H,22,23)(H,19,20,21). The average molecular weight is 306 g/mol. The fourth-order valence-corrected chi connectivity index (χ4v) is 2.09. The lowest BCUT2D eigenvalue weighted by molar-refractivity contribution is 0.0697. The molecule has 0 fully saturated rings. The normalized spacial score (nSPS) is 10.3. The molecule has 1 aromatic carbocycles. The highest BCUT2D eigenvalue weighted by atomic mass is 16.4. The minimum Gasteiger partial charge on any atom is -0.477 e. The van der Waals surface area contributed by atoms with Crippen molar-refractivity contribution < 1.29 is 9.90 Å². The number of aromatic carboxylic acids is 1. The van der Waals surface area contributed by atoms with Gasteiger partial charge < -0.3 is 10.4 Å². The molecule has 0 saturated carbocycles. The van der Waals surface area contributed by atoms with Gasteiger partial charge >= 0.3 is 5.97 Å². The predicted molar refractivity (Wildman–Crippen MR) is 86.0 cm³/mol. The summed E-state index contributed by atoms with van der Waals surface area (Å²) in [6.45, 7) is 0.480. The molecule has 3 aromatic rings. The van der Waals surface area contributed by atoms with Crippen molar-refractivity contribution in [2.24, 2.45) is 0 Å². The molecule has 0 spiro atoms. The molecular weight excluding hydrogens is 292 g/mol. The average Bonchev–Trinajstić information content (AvgIpc) is 2.61. The van der Waals surface area contributed by atoms with E-state index in [1.807, 2.05) is 30.3 Å². The Balaban J connectivity index is 1.91. The number of hydrogen-bond acceptors (Lipinski definition) is 5. The van der Waals surface area contributed by atoms with Crippen LogP contribution in [0.1, 0.15) is 15.9 Å². The number of nitrogens with zero attached hydrogens (tertiary/aromatic N) is 3. The second-order valence-corrected chi connectivity index (χ2v) is 4.84. The summed E-state index contributed by atoms with van der Waals surface area (Å²) in [5.74, 6) is -0.321. The highest BCUT2D eigenvalue weighted by molar-refractivity contribution is 5.93. The topological polar surface area (TPSA) is 88.0 Å². The van der Waals surface area contributed by atoms with E-state index in [-0.39, 0.29) is 5.56 Å². The second kappa shape index (κ2) is 6.65. The summed E-state index contributed by atoms with van der Waals surface area (Å²) in [7, 11) is 0. The third kappa shape index (κ3) is 3.49. The number of benzene rings is 1. The molecule has 0 aliphatic carbocycles. The third-order valence-corrected chi connectivity index (χ3v) is 3.26. The molecule has 6 heteroatoms. The molecule has 0 radical (unpaired) electrons. The SMILES string of the molecule is O=C(O)c1cnc(-c2ccncc2)nc1NCc1ccccc1. The molecule has 0 aliphatic heterocycles. The summed E-state index contributed by atoms with van der Waals surface area (Å²) >= 11 is 0. The Kier molecular flexibility index (Phi) is 4.24. The van der Waals surface area contributed by atoms with Gasteiger partial charge in [0.1, 0.15) is 11.4 Å². The Morgan fingerprint density at radius 3 is 2.52 bits per heavy atom. The zero-order valence-electron chi connectivity index (χ0n) is 12.2. The number of hydrogen-bond donors (Lipinski definition) is 2. The van der Waals surface area contributed by atoms with Crippen molar-refractivity contribution >= 4 is 11.8 Å². The van der Waals surface area contributed by atoms with Crippen LogP contribution >= 0.6 is 0 Å². The zero-order chi connectivity index (χ0) is 16.1. The lowest BCUT2D eigenvalue weighted by Gasteiger charge is -2.10. The van der Waals surface area contributed by atoms with Crippen LogP contribution in [0.25, 0.3) is 11.4 Å². The Labute approximate surface area is 132 Å². The van der Waals surface area contributed by atoms with Gasteiger partial charge in [-0.2, -0.15) is 0 Å². The van der Waals surface area contributed by atoms with Gasteiger partial charge in [-0.1, -0.05) is 30.3 Å². The van der Waals surface area contributed by atoms with Crippen LogP contribution in [-0.4, -0.2) is 26.0 Å². The highest BCUT2D eigenvalue weighted by Crippen LogP contribution is 2.19. The first-order valence-electron chi connectivity index (χ1n) is 7.02. The largest absolute Gasteiger partial charge is 0.477 e. The number of carboxylic acids is 1. The molecule has 23 heavy (non-hydrogen) atoms. The summed E-state index contributed by atoms with van der Waals surface area (Å²) < 4.78 is 0. The van der Waals surface area contributed by atoms with Crippen molar-refractivity contribution in [2.75, 3.05) is 5.32 Å². The number of carboxylic acid groups (broad SMARTS) is 1. The van der Waals surface area contributed by atoms with Crippen LogP contribution in [0.2, 0.25) is 0 Å². The molecule has 114 valence electrons. The molecule has 2 aromatic heterocycles. The van der Waals surface area contributed by atoms with E-state index in [9.17, 15) is 9.90 Å². The van der Waals surface area contributed by atoms with Crippen molar-refractivity contribution in [3.63, 3.8) is 0 Å². The van der Waals surface area contributed by atoms with E-state index >= 15 is 0 Å². The summed E-state index contributed by atoms with van der Waals surface area (Å²) in [6.07, 6.45) is 4.60. The van der Waals surface area contributed by atoms with Crippen molar-refractivity contribution in [3.8, 4) is 11.4 Å². The van der Waals surface area contributed by atoms with Gasteiger partial charge in [0.15, 0.2) is 5.82 Å². The fraction of sp³-hybridized carbons (Fsp3) is 0.0588. The Morgan fingerprint density at radius 2 is 1.83 bits per heavy atom. The van der Waals surface area contributed by atoms with Crippen LogP contribution in [0, 0.1) is 0 Å². The Bertz CT molecular complexity index is 807. The smallest absolute Gasteiger partial charge is 0.341 e. The molecule has 3 rings (SSSR count). The predicted octanol–water partition coefficient (Wildman–Crippen LogP) is 2.85. The van der Waals surface area contributed by atoms with Crippen LogP contribution in [0.3, 0.4) is 0 Å². The van der Waals surface area contributed by atoms with E-state index in [2.05, 4.69) is 20.3 Å². The van der Waals surface area contributed by atoms with E-state index in [0.29, 0.717) is 18.2 Å². The number of pyridine rings is 1. The van der Waals surface area contributed by atoms with Crippen LogP contribution in [-0.2, 0) is 6.54 Å². The first-order valence-corrected chi connectivity index (χ1v) is 7.02. The summed E-state index contributed by atoms with van der Waals surface area (Å²) in [4.78, 5) is 23.8. The molecule has 6 nitrogen and oxygen atoms in total. The van der Waals surface area contributed by atoms with Gasteiger partial charge in [0.05, 0.1) is 0 Å². The fourth-order valence-electron chi connectivity index (χ4n) is 2.09. The van der Waals surface area contributed by atoms with E-state index in [1.54, 1.807) is 24.5 Å². The minimum atomic E-state index is -1.07. The first kappa shape index (κ1) is 14.6. The van der Waals surface area contributed by atoms with Crippen molar-refractivity contribution in [3.05, 3.63) is 72.2 Å². The van der Waals surface area contributed by atoms with E-state index in [4.69, 9.17) is 0 Å². The van der Waals surface area contributed by atoms with Gasteiger partial charge in [-0.25, -0.2) is 14.8 Å². The minimum absolute atomic E-state index is 0.0405. The number of anilines is 1. The van der Waals surface area contributed by atoms with E-state index in [0.717, 1.165) is 11.1 Å². The summed E-state index contributed by atoms with van der Waals surface area (Å²) in [6, 6.07) is 13.2. The maximum atomic E-state index is 11.4. The van der Waals surface area contributed by atoms with Crippen molar-refractivity contribution in [1.82, 2.24) is 15.0 Å². The van der Waals surface area contributed by atoms with Gasteiger partial charge in [-0.05, 0) is 17.7 Å². The van der Waals surface area contributed by atoms with E-state index < -0.39 is 5.97 Å². The molecule has 2 heterocycles. The van der Waals surface area contributed by atoms with Crippen molar-refractivity contribution in [2.45, 2.75) is 6.54 Å². The van der Waals surface area contributed by atoms with E-state index in [1.165, 1.54) is 6.20 Å². The molecule has 2 N–H and O–H groups in total. The Morgan fingerprint density at radius 1 is 1.09 bits per heavy atom. The second-order valence-electron chi connectivity index (χ2n) is 4.84. The molecule has 0 bridgehead atoms. The molecule has 0 aliphatic rings. The monoisotopic (exact) mass is 306 g/mol. The first-order chi connectivity index (χ1) is 11.2. The third-order valence-electron chi connectivity index (χ3n) is 3.26. The van der Waals surface area contributed by atoms with Gasteiger partial charge in [-0.3, -0.25) is 4.98 Å². The number of aromatic nitrogens is 3. The van der Waals surface area contributed by atoms with Crippen LogP contribution in [0.4, 0.5) is 5.82 Å². The van der Waals surface area contributed by atoms with Crippen molar-refractivity contribution in [1.29, 1.82) is 0 Å². The molecule has 0 unspecified atom stereocenters. The number of nitrogens with one attached hydrogen (secondary N) is 1. The number of carbonyl (C=O) groups is 1. The van der Waals surface area contributed by atoms with Gasteiger partial charge in [0.2, 0.25) is 0 Å². The highest BCUT2D eigenvalue weighted by Gasteiger charge is 2.14. The quantitative estimate of drug-likeness (QED) is 0.753. The number of rotatable bonds is 5. The van der Waals surface area contributed by atoms with Crippen LogP contribution < -0.4 is 5.32 Å². The molecule has 0 amide bonds. The summed E-state index contributed by atoms with van der Waals surface area (Å²) in [5.41, 5.74) is 1.85. The maximum absolute atomic E-state index is 11.4. The van der Waals surface area contributed by atoms with Gasteiger partial charge in [-0.15, -0.1) is 0 Å². The van der Waals surface area contributed by atoms with Gasteiger partial charge in [0, 0.05) is 30.7 Å². The molecule has 0 saturated heterocycles. The van der Waals surface area contributed by atoms with Crippen LogP contribution in [0.15, 0.2) is 61.1 Å². The Hall–Kier alpha value is -3.28. The van der Waals surface area contributed by atoms with Crippen LogP contribution in [0.5, 0.6) is 0 Å². The zero-order valence-corrected chi connectivity index (χ0v) is 12.2. The lowest BCUT2D eigenvalue weighted by Crippen LogP contribution is -2.10. The molecular formula is C17H14N4O2. The maximum Gasteiger partial charge on any atom is 0.341 e. The lowest BCUT2D eigenvalue weighted by atomic mass is 10.2.